The van der Waals surface area contributed by atoms with Crippen LogP contribution >= 0.6 is 0 Å². The van der Waals surface area contributed by atoms with Gasteiger partial charge in [-0.2, -0.15) is 0 Å². The molecule has 1 atom stereocenters. The maximum Gasteiger partial charge on any atom is 0.416 e. The van der Waals surface area contributed by atoms with Crippen molar-refractivity contribution < 1.29 is 28.2 Å². The normalized spacial score (nSPS) is 12.5. The van der Waals surface area contributed by atoms with Gasteiger partial charge in [0.15, 0.2) is 11.6 Å². The number of fused-ring (bicyclic) bond motifs is 1. The molecule has 118 valence electrons. The maximum absolute atomic E-state index is 13.8. The Morgan fingerprint density at radius 2 is 1.65 bits per heavy atom. The lowest BCUT2D eigenvalue weighted by atomic mass is 10.0. The molecule has 2 aromatic carbocycles. The lowest BCUT2D eigenvalue weighted by Crippen LogP contribution is -2.07. The number of halogens is 3. The fraction of sp³-hybridized carbons (Fsp3) is 0.0625. The van der Waals surface area contributed by atoms with Gasteiger partial charge in [0.25, 0.3) is 0 Å². The summed E-state index contributed by atoms with van der Waals surface area (Å²) in [6, 6.07) is 7.18. The Hall–Kier alpha value is -2.80. The van der Waals surface area contributed by atoms with E-state index in [1.165, 1.54) is 6.07 Å². The predicted molar refractivity (Wildman–Crippen MR) is 75.7 cm³/mol. The number of benzene rings is 2. The van der Waals surface area contributed by atoms with Gasteiger partial charge < -0.3 is 10.2 Å². The standard InChI is InChI=1S/C16H10F3NO3/c17-11-6-13(19)12(18)5-9(11)15(21)10-7-20(16(22)23)14-4-2-1-3-8(10)14/h1-7,15,21H,(H,22,23). The molecule has 23 heavy (non-hydrogen) atoms. The summed E-state index contributed by atoms with van der Waals surface area (Å²) < 4.78 is 41.0. The fourth-order valence-corrected chi connectivity index (χ4v) is 2.50. The highest BCUT2D eigenvalue weighted by Gasteiger charge is 2.23. The third-order valence-corrected chi connectivity index (χ3v) is 3.58. The molecule has 0 bridgehead atoms. The predicted octanol–water partition coefficient (Wildman–Crippen LogP) is 3.67. The van der Waals surface area contributed by atoms with E-state index in [4.69, 9.17) is 0 Å². The van der Waals surface area contributed by atoms with E-state index in [2.05, 4.69) is 0 Å². The molecular weight excluding hydrogens is 311 g/mol. The molecule has 1 heterocycles. The number of hydrogen-bond acceptors (Lipinski definition) is 2. The van der Waals surface area contributed by atoms with Crippen molar-refractivity contribution in [2.24, 2.45) is 0 Å². The van der Waals surface area contributed by atoms with Crippen LogP contribution in [0.4, 0.5) is 18.0 Å². The van der Waals surface area contributed by atoms with Crippen LogP contribution in [0.25, 0.3) is 10.9 Å². The Bertz CT molecular complexity index is 920. The molecule has 7 heteroatoms. The van der Waals surface area contributed by atoms with Gasteiger partial charge >= 0.3 is 6.09 Å². The van der Waals surface area contributed by atoms with Crippen molar-refractivity contribution in [3.63, 3.8) is 0 Å². The second kappa shape index (κ2) is 5.44. The van der Waals surface area contributed by atoms with Gasteiger partial charge in [-0.1, -0.05) is 18.2 Å². The van der Waals surface area contributed by atoms with Gasteiger partial charge in [0.1, 0.15) is 11.9 Å². The molecule has 0 fully saturated rings. The molecule has 0 aliphatic heterocycles. The van der Waals surface area contributed by atoms with Crippen molar-refractivity contribution in [1.29, 1.82) is 0 Å². The summed E-state index contributed by atoms with van der Waals surface area (Å²) in [6.07, 6.45) is -1.81. The number of aromatic nitrogens is 1. The first kappa shape index (κ1) is 15.1. The van der Waals surface area contributed by atoms with E-state index in [1.54, 1.807) is 18.2 Å². The third-order valence-electron chi connectivity index (χ3n) is 3.58. The average Bonchev–Trinajstić information content (AvgIpc) is 2.90. The molecule has 0 spiro atoms. The molecule has 0 amide bonds. The van der Waals surface area contributed by atoms with Crippen LogP contribution < -0.4 is 0 Å². The highest BCUT2D eigenvalue weighted by atomic mass is 19.2. The molecule has 0 radical (unpaired) electrons. The minimum atomic E-state index is -1.64. The first-order valence-corrected chi connectivity index (χ1v) is 6.56. The summed E-state index contributed by atoms with van der Waals surface area (Å²) in [5, 5.41) is 19.9. The van der Waals surface area contributed by atoms with Crippen LogP contribution in [0.5, 0.6) is 0 Å². The molecule has 1 unspecified atom stereocenters. The van der Waals surface area contributed by atoms with E-state index >= 15 is 0 Å². The van der Waals surface area contributed by atoms with Gasteiger partial charge in [0.05, 0.1) is 5.52 Å². The van der Waals surface area contributed by atoms with E-state index in [9.17, 15) is 28.2 Å². The number of carbonyl (C=O) groups is 1. The number of aliphatic hydroxyl groups is 1. The summed E-state index contributed by atoms with van der Waals surface area (Å²) in [7, 11) is 0. The Balaban J connectivity index is 2.21. The van der Waals surface area contributed by atoms with Gasteiger partial charge in [-0.05, 0) is 12.1 Å². The van der Waals surface area contributed by atoms with Gasteiger partial charge in [-0.15, -0.1) is 0 Å². The van der Waals surface area contributed by atoms with Crippen LogP contribution in [-0.2, 0) is 0 Å². The van der Waals surface area contributed by atoms with Crippen LogP contribution in [0.3, 0.4) is 0 Å². The number of aliphatic hydroxyl groups excluding tert-OH is 1. The van der Waals surface area contributed by atoms with Crippen molar-refractivity contribution in [1.82, 2.24) is 4.57 Å². The lowest BCUT2D eigenvalue weighted by Gasteiger charge is -2.12. The Kier molecular flexibility index (Phi) is 3.57. The van der Waals surface area contributed by atoms with Crippen molar-refractivity contribution in [3.05, 3.63) is 71.2 Å². The second-order valence-corrected chi connectivity index (χ2v) is 4.94. The van der Waals surface area contributed by atoms with Crippen LogP contribution in [0.2, 0.25) is 0 Å². The minimum absolute atomic E-state index is 0.0768. The van der Waals surface area contributed by atoms with E-state index in [-0.39, 0.29) is 11.1 Å². The molecule has 2 N–H and O–H groups in total. The molecule has 0 aliphatic carbocycles. The quantitative estimate of drug-likeness (QED) is 0.708. The van der Waals surface area contributed by atoms with Crippen LogP contribution in [0.15, 0.2) is 42.6 Å². The Morgan fingerprint density at radius 1 is 1.00 bits per heavy atom. The molecule has 0 saturated heterocycles. The number of carboxylic acid groups (broad SMARTS) is 1. The average molecular weight is 321 g/mol. The smallest absolute Gasteiger partial charge is 0.416 e. The van der Waals surface area contributed by atoms with Crippen LogP contribution in [-0.4, -0.2) is 20.9 Å². The summed E-state index contributed by atoms with van der Waals surface area (Å²) >= 11 is 0. The molecule has 4 nitrogen and oxygen atoms in total. The van der Waals surface area contributed by atoms with Gasteiger partial charge in [0.2, 0.25) is 0 Å². The molecule has 0 saturated carbocycles. The maximum atomic E-state index is 13.8. The Labute approximate surface area is 128 Å². The number of para-hydroxylation sites is 1. The molecule has 1 aromatic heterocycles. The van der Waals surface area contributed by atoms with Crippen LogP contribution in [0.1, 0.15) is 17.2 Å². The van der Waals surface area contributed by atoms with E-state index < -0.39 is 35.2 Å². The zero-order valence-electron chi connectivity index (χ0n) is 11.5. The summed E-state index contributed by atoms with van der Waals surface area (Å²) in [6.45, 7) is 0. The second-order valence-electron chi connectivity index (χ2n) is 4.94. The largest absolute Gasteiger partial charge is 0.464 e. The molecule has 0 aliphatic rings. The molecular formula is C16H10F3NO3. The highest BCUT2D eigenvalue weighted by molar-refractivity contribution is 5.91. The minimum Gasteiger partial charge on any atom is -0.464 e. The van der Waals surface area contributed by atoms with Crippen molar-refractivity contribution in [2.45, 2.75) is 6.10 Å². The van der Waals surface area contributed by atoms with E-state index in [0.29, 0.717) is 17.5 Å². The first-order valence-electron chi connectivity index (χ1n) is 6.56. The van der Waals surface area contributed by atoms with Gasteiger partial charge in [-0.3, -0.25) is 4.57 Å². The summed E-state index contributed by atoms with van der Waals surface area (Å²) in [4.78, 5) is 11.3. The van der Waals surface area contributed by atoms with Crippen LogP contribution in [0, 0.1) is 17.5 Å². The van der Waals surface area contributed by atoms with Crippen molar-refractivity contribution in [2.75, 3.05) is 0 Å². The SMILES string of the molecule is O=C(O)n1cc(C(O)c2cc(F)c(F)cc2F)c2ccccc21. The molecule has 3 rings (SSSR count). The summed E-state index contributed by atoms with van der Waals surface area (Å²) in [5.41, 5.74) is -0.109. The lowest BCUT2D eigenvalue weighted by molar-refractivity contribution is 0.196. The number of rotatable bonds is 2. The number of hydrogen-bond donors (Lipinski definition) is 2. The van der Waals surface area contributed by atoms with Crippen molar-refractivity contribution in [3.8, 4) is 0 Å². The topological polar surface area (TPSA) is 62.5 Å². The zero-order valence-corrected chi connectivity index (χ0v) is 11.5. The fourth-order valence-electron chi connectivity index (χ4n) is 2.50. The van der Waals surface area contributed by atoms with E-state index in [1.807, 2.05) is 0 Å². The van der Waals surface area contributed by atoms with E-state index in [0.717, 1.165) is 10.8 Å². The third kappa shape index (κ3) is 2.44. The molecule has 3 aromatic rings. The van der Waals surface area contributed by atoms with Crippen molar-refractivity contribution >= 4 is 17.0 Å². The summed E-state index contributed by atoms with van der Waals surface area (Å²) in [5.74, 6) is -3.79. The van der Waals surface area contributed by atoms with Gasteiger partial charge in [-0.25, -0.2) is 18.0 Å². The first-order chi connectivity index (χ1) is 10.9. The number of nitrogens with zero attached hydrogens (tertiary/aromatic N) is 1. The highest BCUT2D eigenvalue weighted by Crippen LogP contribution is 2.32. The zero-order chi connectivity index (χ0) is 16.7. The monoisotopic (exact) mass is 321 g/mol. The Morgan fingerprint density at radius 3 is 2.35 bits per heavy atom. The van der Waals surface area contributed by atoms with Gasteiger partial charge in [0, 0.05) is 28.8 Å².